The average Bonchev–Trinajstić information content (AvgIpc) is 2.05. The van der Waals surface area contributed by atoms with Crippen LogP contribution in [-0.2, 0) is 4.79 Å². The molecule has 0 aromatic carbocycles. The van der Waals surface area contributed by atoms with E-state index in [0.717, 1.165) is 13.0 Å². The number of hydrogen-bond acceptors (Lipinski definition) is 2. The largest absolute Gasteiger partial charge is 0.481 e. The second-order valence-electron chi connectivity index (χ2n) is 4.52. The van der Waals surface area contributed by atoms with Crippen LogP contribution in [0.1, 0.15) is 25.7 Å². The van der Waals surface area contributed by atoms with Crippen molar-refractivity contribution in [2.45, 2.75) is 31.7 Å². The number of rotatable bonds is 2. The van der Waals surface area contributed by atoms with E-state index in [1.54, 1.807) is 0 Å². The summed E-state index contributed by atoms with van der Waals surface area (Å²) in [5, 5.41) is 8.75. The Balaban J connectivity index is 1.98. The Morgan fingerprint density at radius 3 is 2.77 bits per heavy atom. The van der Waals surface area contributed by atoms with Crippen LogP contribution >= 0.6 is 0 Å². The Morgan fingerprint density at radius 1 is 1.54 bits per heavy atom. The smallest absolute Gasteiger partial charge is 0.303 e. The van der Waals surface area contributed by atoms with Crippen molar-refractivity contribution in [1.82, 2.24) is 4.90 Å². The molecule has 3 heteroatoms. The maximum atomic E-state index is 10.6. The van der Waals surface area contributed by atoms with Crippen molar-refractivity contribution >= 4 is 5.97 Å². The summed E-state index contributed by atoms with van der Waals surface area (Å²) in [6.07, 6.45) is 4.01. The van der Waals surface area contributed by atoms with Crippen LogP contribution in [-0.4, -0.2) is 35.6 Å². The van der Waals surface area contributed by atoms with Crippen LogP contribution in [0.15, 0.2) is 0 Å². The number of hydrogen-bond donors (Lipinski definition) is 1. The van der Waals surface area contributed by atoms with Crippen LogP contribution < -0.4 is 0 Å². The Kier molecular flexibility index (Phi) is 2.28. The van der Waals surface area contributed by atoms with Gasteiger partial charge in [-0.15, -0.1) is 0 Å². The average molecular weight is 183 g/mol. The Morgan fingerprint density at radius 2 is 2.31 bits per heavy atom. The third-order valence-electron chi connectivity index (χ3n) is 3.69. The molecule has 74 valence electrons. The van der Waals surface area contributed by atoms with E-state index in [1.807, 2.05) is 0 Å². The van der Waals surface area contributed by atoms with Crippen LogP contribution in [0, 0.1) is 11.8 Å². The molecule has 1 aliphatic carbocycles. The van der Waals surface area contributed by atoms with Gasteiger partial charge in [-0.2, -0.15) is 0 Å². The fourth-order valence-corrected chi connectivity index (χ4v) is 2.94. The van der Waals surface area contributed by atoms with Gasteiger partial charge in [-0.25, -0.2) is 0 Å². The molecule has 2 bridgehead atoms. The summed E-state index contributed by atoms with van der Waals surface area (Å²) in [6, 6.07) is 0.661. The molecule has 0 aromatic rings. The minimum Gasteiger partial charge on any atom is -0.481 e. The molecule has 0 radical (unpaired) electrons. The molecular weight excluding hydrogens is 166 g/mol. The van der Waals surface area contributed by atoms with Gasteiger partial charge in [0.05, 0.1) is 0 Å². The van der Waals surface area contributed by atoms with E-state index in [1.165, 1.54) is 12.8 Å². The Hall–Kier alpha value is -0.570. The Labute approximate surface area is 78.7 Å². The maximum Gasteiger partial charge on any atom is 0.303 e. The molecule has 13 heavy (non-hydrogen) atoms. The van der Waals surface area contributed by atoms with Crippen LogP contribution in [0.4, 0.5) is 0 Å². The number of carboxylic acids is 1. The first-order chi connectivity index (χ1) is 6.16. The fourth-order valence-electron chi connectivity index (χ4n) is 2.94. The van der Waals surface area contributed by atoms with Crippen molar-refractivity contribution in [2.24, 2.45) is 11.8 Å². The molecule has 1 saturated carbocycles. The van der Waals surface area contributed by atoms with E-state index in [0.29, 0.717) is 24.3 Å². The number of carboxylic acid groups (broad SMARTS) is 1. The van der Waals surface area contributed by atoms with Crippen LogP contribution in [0.2, 0.25) is 0 Å². The minimum absolute atomic E-state index is 0.384. The molecule has 0 spiro atoms. The number of carbonyl (C=O) groups is 1. The van der Waals surface area contributed by atoms with Gasteiger partial charge in [0.25, 0.3) is 0 Å². The standard InChI is InChI=1S/C10H17NO2/c1-11-6-7-2-3-9(11)4-8(7)5-10(12)13/h7-9H,2-6H2,1H3,(H,12,13). The number of fused-ring (bicyclic) bond motifs is 3. The second-order valence-corrected chi connectivity index (χ2v) is 4.52. The summed E-state index contributed by atoms with van der Waals surface area (Å²) in [5.74, 6) is 0.471. The zero-order valence-corrected chi connectivity index (χ0v) is 8.07. The summed E-state index contributed by atoms with van der Waals surface area (Å²) in [7, 11) is 2.16. The second kappa shape index (κ2) is 3.29. The quantitative estimate of drug-likeness (QED) is 0.699. The zero-order valence-electron chi connectivity index (χ0n) is 8.07. The van der Waals surface area contributed by atoms with Gasteiger partial charge in [0.2, 0.25) is 0 Å². The first-order valence-corrected chi connectivity index (χ1v) is 5.09. The predicted octanol–water partition coefficient (Wildman–Crippen LogP) is 1.19. The molecule has 0 amide bonds. The van der Waals surface area contributed by atoms with Crippen molar-refractivity contribution in [3.8, 4) is 0 Å². The van der Waals surface area contributed by atoms with Gasteiger partial charge in [0.1, 0.15) is 0 Å². The van der Waals surface area contributed by atoms with Gasteiger partial charge in [-0.1, -0.05) is 0 Å². The molecule has 3 aliphatic rings. The van der Waals surface area contributed by atoms with Crippen molar-refractivity contribution < 1.29 is 9.90 Å². The van der Waals surface area contributed by atoms with E-state index >= 15 is 0 Å². The lowest BCUT2D eigenvalue weighted by Gasteiger charge is -2.47. The van der Waals surface area contributed by atoms with Gasteiger partial charge in [-0.3, -0.25) is 4.79 Å². The summed E-state index contributed by atoms with van der Waals surface area (Å²) in [6.45, 7) is 1.11. The first kappa shape index (κ1) is 9.00. The number of aliphatic carboxylic acids is 1. The SMILES string of the molecule is CN1CC2CCC1CC2CC(=O)O. The number of piperidine rings is 2. The molecular formula is C10H17NO2. The fraction of sp³-hybridized carbons (Fsp3) is 0.900. The number of nitrogens with zero attached hydrogens (tertiary/aromatic N) is 1. The maximum absolute atomic E-state index is 10.6. The lowest BCUT2D eigenvalue weighted by atomic mass is 9.71. The predicted molar refractivity (Wildman–Crippen MR) is 49.5 cm³/mol. The lowest BCUT2D eigenvalue weighted by molar-refractivity contribution is -0.140. The molecule has 3 nitrogen and oxygen atoms in total. The van der Waals surface area contributed by atoms with Crippen molar-refractivity contribution in [2.75, 3.05) is 13.6 Å². The minimum atomic E-state index is -0.625. The molecule has 2 aliphatic heterocycles. The van der Waals surface area contributed by atoms with Gasteiger partial charge < -0.3 is 10.0 Å². The third kappa shape index (κ3) is 1.70. The third-order valence-corrected chi connectivity index (χ3v) is 3.69. The van der Waals surface area contributed by atoms with Gasteiger partial charge >= 0.3 is 5.97 Å². The van der Waals surface area contributed by atoms with Crippen molar-refractivity contribution in [3.05, 3.63) is 0 Å². The van der Waals surface area contributed by atoms with E-state index in [4.69, 9.17) is 5.11 Å². The van der Waals surface area contributed by atoms with E-state index in [-0.39, 0.29) is 0 Å². The van der Waals surface area contributed by atoms with Crippen molar-refractivity contribution in [1.29, 1.82) is 0 Å². The lowest BCUT2D eigenvalue weighted by Crippen LogP contribution is -2.50. The molecule has 2 saturated heterocycles. The normalized spacial score (nSPS) is 39.3. The van der Waals surface area contributed by atoms with Gasteiger partial charge in [-0.05, 0) is 38.1 Å². The summed E-state index contributed by atoms with van der Waals surface area (Å²) in [4.78, 5) is 13.0. The summed E-state index contributed by atoms with van der Waals surface area (Å²) >= 11 is 0. The highest BCUT2D eigenvalue weighted by atomic mass is 16.4. The molecule has 0 aromatic heterocycles. The highest BCUT2D eigenvalue weighted by molar-refractivity contribution is 5.67. The molecule has 1 N–H and O–H groups in total. The molecule has 3 atom stereocenters. The summed E-state index contributed by atoms with van der Waals surface area (Å²) in [5.41, 5.74) is 0. The zero-order chi connectivity index (χ0) is 9.42. The van der Waals surface area contributed by atoms with Crippen LogP contribution in [0.25, 0.3) is 0 Å². The van der Waals surface area contributed by atoms with Gasteiger partial charge in [0, 0.05) is 19.0 Å². The molecule has 3 fully saturated rings. The van der Waals surface area contributed by atoms with Crippen molar-refractivity contribution in [3.63, 3.8) is 0 Å². The monoisotopic (exact) mass is 183 g/mol. The van der Waals surface area contributed by atoms with E-state index in [9.17, 15) is 4.79 Å². The highest BCUT2D eigenvalue weighted by Crippen LogP contribution is 2.39. The molecule has 3 unspecified atom stereocenters. The van der Waals surface area contributed by atoms with E-state index in [2.05, 4.69) is 11.9 Å². The highest BCUT2D eigenvalue weighted by Gasteiger charge is 2.39. The van der Waals surface area contributed by atoms with Gasteiger partial charge in [0.15, 0.2) is 0 Å². The van der Waals surface area contributed by atoms with E-state index < -0.39 is 5.97 Å². The molecule has 3 rings (SSSR count). The Bertz CT molecular complexity index is 217. The summed E-state index contributed by atoms with van der Waals surface area (Å²) < 4.78 is 0. The van der Waals surface area contributed by atoms with Crippen LogP contribution in [0.5, 0.6) is 0 Å². The first-order valence-electron chi connectivity index (χ1n) is 5.09. The topological polar surface area (TPSA) is 40.5 Å². The molecule has 2 heterocycles. The van der Waals surface area contributed by atoms with Crippen LogP contribution in [0.3, 0.4) is 0 Å².